The maximum absolute atomic E-state index is 13.7. The van der Waals surface area contributed by atoms with Crippen LogP contribution in [0.15, 0.2) is 86.6 Å². The summed E-state index contributed by atoms with van der Waals surface area (Å²) in [5.41, 5.74) is 4.88. The summed E-state index contributed by atoms with van der Waals surface area (Å²) in [6.45, 7) is 0.342. The number of halogens is 2. The molecular formula is C27H20BrFN4O4. The van der Waals surface area contributed by atoms with Crippen LogP contribution in [0.1, 0.15) is 17.4 Å². The molecule has 6 rings (SSSR count). The van der Waals surface area contributed by atoms with Crippen molar-refractivity contribution >= 4 is 32.9 Å². The fourth-order valence-electron chi connectivity index (χ4n) is 4.48. The third-order valence-electron chi connectivity index (χ3n) is 6.31. The van der Waals surface area contributed by atoms with Gasteiger partial charge in [0.1, 0.15) is 18.1 Å². The first-order valence-corrected chi connectivity index (χ1v) is 12.4. The van der Waals surface area contributed by atoms with Crippen LogP contribution in [0.3, 0.4) is 0 Å². The van der Waals surface area contributed by atoms with E-state index in [4.69, 9.17) is 14.3 Å². The number of carbonyl (C=O) groups excluding carboxylic acids is 1. The van der Waals surface area contributed by atoms with E-state index in [2.05, 4.69) is 20.9 Å². The number of amides is 1. The number of nitrogens with zero attached hydrogens (tertiary/aromatic N) is 3. The number of hydrogen-bond acceptors (Lipinski definition) is 5. The summed E-state index contributed by atoms with van der Waals surface area (Å²) in [5.74, 6) is -0.988. The van der Waals surface area contributed by atoms with E-state index in [-0.39, 0.29) is 18.3 Å². The fraction of sp³-hybridized carbons (Fsp3) is 0.148. The summed E-state index contributed by atoms with van der Waals surface area (Å²) in [6.07, 6.45) is 1.73. The van der Waals surface area contributed by atoms with Gasteiger partial charge in [-0.05, 0) is 72.6 Å². The Balaban J connectivity index is 1.34. The molecule has 10 heteroatoms. The number of rotatable bonds is 6. The second-order valence-corrected chi connectivity index (χ2v) is 9.62. The van der Waals surface area contributed by atoms with Gasteiger partial charge >= 0.3 is 5.76 Å². The number of oxazole rings is 1. The summed E-state index contributed by atoms with van der Waals surface area (Å²) in [5, 5.41) is 4.79. The van der Waals surface area contributed by atoms with Crippen molar-refractivity contribution in [2.75, 3.05) is 13.2 Å². The standard InChI is InChI=1S/C27H20BrFN4O4/c28-18-4-8-20(9-5-18)33-14-21(25(31-33)17-2-6-19(29)7-3-17)26-32(24(34)15-36-26)12-11-16-1-10-23-22(13-16)30-27(35)37-23/h1-10,13-14,26H,11-12,15H2,(H,30,35). The van der Waals surface area contributed by atoms with Crippen LogP contribution in [0.5, 0.6) is 0 Å². The molecule has 3 aromatic carbocycles. The largest absolute Gasteiger partial charge is 0.417 e. The van der Waals surface area contributed by atoms with E-state index >= 15 is 0 Å². The van der Waals surface area contributed by atoms with Crippen molar-refractivity contribution in [3.63, 3.8) is 0 Å². The number of hydrogen-bond donors (Lipinski definition) is 1. The lowest BCUT2D eigenvalue weighted by atomic mass is 10.1. The molecule has 2 aromatic heterocycles. The van der Waals surface area contributed by atoms with Crippen molar-refractivity contribution in [1.82, 2.24) is 19.7 Å². The maximum atomic E-state index is 13.7. The molecule has 0 bridgehead atoms. The number of fused-ring (bicyclic) bond motifs is 1. The van der Waals surface area contributed by atoms with Crippen LogP contribution in [0.2, 0.25) is 0 Å². The number of nitrogens with one attached hydrogen (secondary N) is 1. The SMILES string of the molecule is O=C1COC(c2cn(-c3ccc(Br)cc3)nc2-c2ccc(F)cc2)N1CCc1ccc2oc(=O)[nH]c2c1. The lowest BCUT2D eigenvalue weighted by molar-refractivity contribution is -0.128. The molecule has 186 valence electrons. The smallest absolute Gasteiger partial charge is 0.408 e. The Hall–Kier alpha value is -4.02. The number of aromatic nitrogens is 3. The highest BCUT2D eigenvalue weighted by Gasteiger charge is 2.36. The molecule has 1 saturated heterocycles. The van der Waals surface area contributed by atoms with Crippen LogP contribution in [0.25, 0.3) is 28.0 Å². The van der Waals surface area contributed by atoms with Gasteiger partial charge in [-0.2, -0.15) is 5.10 Å². The summed E-state index contributed by atoms with van der Waals surface area (Å²) >= 11 is 3.45. The third-order valence-corrected chi connectivity index (χ3v) is 6.84. The maximum Gasteiger partial charge on any atom is 0.417 e. The summed E-state index contributed by atoms with van der Waals surface area (Å²) in [6, 6.07) is 19.2. The van der Waals surface area contributed by atoms with E-state index < -0.39 is 12.0 Å². The van der Waals surface area contributed by atoms with Crippen molar-refractivity contribution in [1.29, 1.82) is 0 Å². The van der Waals surface area contributed by atoms with Gasteiger partial charge in [-0.1, -0.05) is 22.0 Å². The Kier molecular flexibility index (Phi) is 5.97. The van der Waals surface area contributed by atoms with Gasteiger partial charge in [0.2, 0.25) is 0 Å². The average Bonchev–Trinajstić information content (AvgIpc) is 3.59. The molecule has 0 aliphatic carbocycles. The number of benzene rings is 3. The number of ether oxygens (including phenoxy) is 1. The van der Waals surface area contributed by atoms with Gasteiger partial charge in [0, 0.05) is 28.3 Å². The van der Waals surface area contributed by atoms with Crippen molar-refractivity contribution in [2.24, 2.45) is 0 Å². The molecule has 37 heavy (non-hydrogen) atoms. The zero-order valence-electron chi connectivity index (χ0n) is 19.4. The zero-order valence-corrected chi connectivity index (χ0v) is 20.9. The van der Waals surface area contributed by atoms with Gasteiger partial charge in [-0.25, -0.2) is 13.9 Å². The Morgan fingerprint density at radius 2 is 1.84 bits per heavy atom. The predicted octanol–water partition coefficient (Wildman–Crippen LogP) is 4.98. The van der Waals surface area contributed by atoms with Crippen molar-refractivity contribution < 1.29 is 18.3 Å². The first-order valence-electron chi connectivity index (χ1n) is 11.6. The van der Waals surface area contributed by atoms with Crippen molar-refractivity contribution in [3.8, 4) is 16.9 Å². The summed E-state index contributed by atoms with van der Waals surface area (Å²) in [4.78, 5) is 28.7. The minimum atomic E-state index is -0.658. The third kappa shape index (κ3) is 4.61. The number of aromatic amines is 1. The normalized spacial score (nSPS) is 15.7. The van der Waals surface area contributed by atoms with Crippen LogP contribution in [0.4, 0.5) is 4.39 Å². The van der Waals surface area contributed by atoms with Gasteiger partial charge in [-0.3, -0.25) is 9.78 Å². The molecular weight excluding hydrogens is 543 g/mol. The minimum absolute atomic E-state index is 0.0505. The highest BCUT2D eigenvalue weighted by molar-refractivity contribution is 9.10. The van der Waals surface area contributed by atoms with E-state index in [9.17, 15) is 14.0 Å². The van der Waals surface area contributed by atoms with Gasteiger partial charge in [0.05, 0.1) is 11.2 Å². The molecule has 1 fully saturated rings. The molecule has 1 unspecified atom stereocenters. The van der Waals surface area contributed by atoms with Gasteiger partial charge in [-0.15, -0.1) is 0 Å². The Labute approximate surface area is 218 Å². The van der Waals surface area contributed by atoms with Crippen LogP contribution in [-0.4, -0.2) is 38.7 Å². The van der Waals surface area contributed by atoms with Gasteiger partial charge in [0.25, 0.3) is 5.91 Å². The molecule has 1 N–H and O–H groups in total. The van der Waals surface area contributed by atoms with E-state index in [1.54, 1.807) is 27.8 Å². The van der Waals surface area contributed by atoms with E-state index in [1.165, 1.54) is 12.1 Å². The Morgan fingerprint density at radius 1 is 1.05 bits per heavy atom. The predicted molar refractivity (Wildman–Crippen MR) is 138 cm³/mol. The number of carbonyl (C=O) groups is 1. The quantitative estimate of drug-likeness (QED) is 0.315. The van der Waals surface area contributed by atoms with E-state index in [1.807, 2.05) is 42.6 Å². The summed E-state index contributed by atoms with van der Waals surface area (Å²) in [7, 11) is 0. The molecule has 5 aromatic rings. The highest BCUT2D eigenvalue weighted by atomic mass is 79.9. The van der Waals surface area contributed by atoms with Crippen molar-refractivity contribution in [3.05, 3.63) is 105 Å². The molecule has 1 amide bonds. The molecule has 0 saturated carbocycles. The Morgan fingerprint density at radius 3 is 2.62 bits per heavy atom. The molecule has 1 aliphatic heterocycles. The van der Waals surface area contributed by atoms with E-state index in [0.29, 0.717) is 40.9 Å². The van der Waals surface area contributed by atoms with Crippen molar-refractivity contribution in [2.45, 2.75) is 12.6 Å². The fourth-order valence-corrected chi connectivity index (χ4v) is 4.75. The van der Waals surface area contributed by atoms with Crippen LogP contribution >= 0.6 is 15.9 Å². The molecule has 3 heterocycles. The number of H-pyrrole nitrogens is 1. The van der Waals surface area contributed by atoms with Gasteiger partial charge < -0.3 is 14.1 Å². The first kappa shape index (κ1) is 23.4. The molecule has 8 nitrogen and oxygen atoms in total. The molecule has 1 atom stereocenters. The monoisotopic (exact) mass is 562 g/mol. The highest BCUT2D eigenvalue weighted by Crippen LogP contribution is 2.35. The second kappa shape index (κ2) is 9.45. The molecule has 0 spiro atoms. The lowest BCUT2D eigenvalue weighted by Gasteiger charge is -2.23. The molecule has 1 aliphatic rings. The molecule has 0 radical (unpaired) electrons. The second-order valence-electron chi connectivity index (χ2n) is 8.71. The average molecular weight is 563 g/mol. The lowest BCUT2D eigenvalue weighted by Crippen LogP contribution is -2.30. The minimum Gasteiger partial charge on any atom is -0.408 e. The van der Waals surface area contributed by atoms with E-state index in [0.717, 1.165) is 15.7 Å². The van der Waals surface area contributed by atoms with Gasteiger partial charge in [0.15, 0.2) is 11.8 Å². The van der Waals surface area contributed by atoms with Crippen LogP contribution < -0.4 is 5.76 Å². The topological polar surface area (TPSA) is 93.4 Å². The summed E-state index contributed by atoms with van der Waals surface area (Å²) < 4.78 is 27.4. The first-order chi connectivity index (χ1) is 17.9. The van der Waals surface area contributed by atoms with Crippen LogP contribution in [0, 0.1) is 5.82 Å². The van der Waals surface area contributed by atoms with Crippen LogP contribution in [-0.2, 0) is 16.0 Å². The Bertz CT molecular complexity index is 1660. The zero-order chi connectivity index (χ0) is 25.5.